The monoisotopic (exact) mass is 409 g/mol. The third-order valence-corrected chi connectivity index (χ3v) is 5.24. The number of rotatable bonds is 6. The van der Waals surface area contributed by atoms with E-state index in [0.717, 1.165) is 22.1 Å². The predicted molar refractivity (Wildman–Crippen MR) is 114 cm³/mol. The summed E-state index contributed by atoms with van der Waals surface area (Å²) in [6, 6.07) is 11.0. The summed E-state index contributed by atoms with van der Waals surface area (Å²) in [5.74, 6) is -0.868. The van der Waals surface area contributed by atoms with Gasteiger partial charge in [0.1, 0.15) is 0 Å². The number of aryl methyl sites for hydroxylation is 1. The van der Waals surface area contributed by atoms with E-state index in [9.17, 15) is 9.59 Å². The molecule has 1 aromatic carbocycles. The van der Waals surface area contributed by atoms with Gasteiger partial charge in [-0.15, -0.1) is 11.3 Å². The molecule has 1 amide bonds. The summed E-state index contributed by atoms with van der Waals surface area (Å²) in [6.45, 7) is 3.97. The topological polar surface area (TPSA) is 64.4 Å². The number of aromatic nitrogens is 2. The molecule has 3 rings (SSSR count). The minimum atomic E-state index is -0.980. The summed E-state index contributed by atoms with van der Waals surface area (Å²) >= 11 is 1.55. The molecule has 0 N–H and O–H groups in total. The number of thiazole rings is 1. The van der Waals surface area contributed by atoms with Crippen LogP contribution in [0.4, 0.5) is 0 Å². The number of amides is 1. The van der Waals surface area contributed by atoms with Crippen LogP contribution in [0.15, 0.2) is 54.1 Å². The van der Waals surface area contributed by atoms with Crippen LogP contribution >= 0.6 is 11.3 Å². The first-order valence-corrected chi connectivity index (χ1v) is 10.00. The Bertz CT molecular complexity index is 1020. The van der Waals surface area contributed by atoms with Gasteiger partial charge >= 0.3 is 5.97 Å². The van der Waals surface area contributed by atoms with Crippen molar-refractivity contribution in [1.29, 1.82) is 0 Å². The second-order valence-corrected chi connectivity index (χ2v) is 7.64. The van der Waals surface area contributed by atoms with Gasteiger partial charge < -0.3 is 9.64 Å². The largest absolute Gasteiger partial charge is 0.444 e. The van der Waals surface area contributed by atoms with Crippen molar-refractivity contribution in [1.82, 2.24) is 14.5 Å². The van der Waals surface area contributed by atoms with Crippen LogP contribution in [0.5, 0.6) is 0 Å². The van der Waals surface area contributed by atoms with Gasteiger partial charge in [-0.2, -0.15) is 0 Å². The summed E-state index contributed by atoms with van der Waals surface area (Å²) in [7, 11) is 3.27. The molecule has 29 heavy (non-hydrogen) atoms. The zero-order chi connectivity index (χ0) is 21.0. The van der Waals surface area contributed by atoms with E-state index in [1.165, 1.54) is 11.0 Å². The number of nitrogens with zero attached hydrogens (tertiary/aromatic N) is 3. The van der Waals surface area contributed by atoms with Crippen molar-refractivity contribution in [3.63, 3.8) is 0 Å². The van der Waals surface area contributed by atoms with Gasteiger partial charge in [0.25, 0.3) is 5.91 Å². The molecule has 1 unspecified atom stereocenters. The highest BCUT2D eigenvalue weighted by Gasteiger charge is 2.25. The van der Waals surface area contributed by atoms with E-state index in [1.807, 2.05) is 48.1 Å². The fourth-order valence-corrected chi connectivity index (χ4v) is 3.77. The Kier molecular flexibility index (Phi) is 6.29. The average molecular weight is 410 g/mol. The van der Waals surface area contributed by atoms with Crippen molar-refractivity contribution in [3.05, 3.63) is 76.6 Å². The molecular formula is C22H23N3O3S. The van der Waals surface area contributed by atoms with E-state index < -0.39 is 12.1 Å². The number of hydrogen-bond donors (Lipinski definition) is 0. The van der Waals surface area contributed by atoms with E-state index in [0.29, 0.717) is 5.56 Å². The molecule has 2 heterocycles. The Labute approximate surface area is 174 Å². The highest BCUT2D eigenvalue weighted by atomic mass is 32.1. The van der Waals surface area contributed by atoms with Crippen molar-refractivity contribution in [2.24, 2.45) is 0 Å². The van der Waals surface area contributed by atoms with Crippen molar-refractivity contribution in [2.75, 3.05) is 14.1 Å². The SMILES string of the molecule is Cc1cc(/C=C/C(=O)OC(C(=O)N(C)C)c2ccccc2)c(C)n1-c1nccs1. The quantitative estimate of drug-likeness (QED) is 0.457. The summed E-state index contributed by atoms with van der Waals surface area (Å²) in [5, 5.41) is 2.80. The third kappa shape index (κ3) is 4.63. The van der Waals surface area contributed by atoms with Gasteiger partial charge in [0.2, 0.25) is 6.10 Å². The normalized spacial score (nSPS) is 12.1. The van der Waals surface area contributed by atoms with Gasteiger partial charge in [-0.05, 0) is 31.6 Å². The molecule has 0 bridgehead atoms. The lowest BCUT2D eigenvalue weighted by molar-refractivity contribution is -0.155. The number of carbonyl (C=O) groups is 2. The van der Waals surface area contributed by atoms with Crippen LogP contribution in [0.25, 0.3) is 11.2 Å². The van der Waals surface area contributed by atoms with Crippen LogP contribution in [-0.2, 0) is 14.3 Å². The Morgan fingerprint density at radius 2 is 1.93 bits per heavy atom. The Morgan fingerprint density at radius 1 is 1.21 bits per heavy atom. The summed E-state index contributed by atoms with van der Waals surface area (Å²) in [6.07, 6.45) is 3.84. The second-order valence-electron chi connectivity index (χ2n) is 6.77. The standard InChI is InChI=1S/C22H23N3O3S/c1-15-14-18(16(2)25(15)22-23-12-13-29-22)10-11-19(26)28-20(21(27)24(3)4)17-8-6-5-7-9-17/h5-14,20H,1-4H3/b11-10+. The lowest BCUT2D eigenvalue weighted by Gasteiger charge is -2.20. The molecule has 1 atom stereocenters. The number of carbonyl (C=O) groups excluding carboxylic acids is 2. The fraction of sp³-hybridized carbons (Fsp3) is 0.227. The molecule has 0 aliphatic heterocycles. The summed E-state index contributed by atoms with van der Waals surface area (Å²) in [4.78, 5) is 30.7. The minimum Gasteiger partial charge on any atom is -0.444 e. The smallest absolute Gasteiger partial charge is 0.331 e. The van der Waals surface area contributed by atoms with Gasteiger partial charge in [0, 0.05) is 48.7 Å². The maximum Gasteiger partial charge on any atom is 0.331 e. The third-order valence-electron chi connectivity index (χ3n) is 4.48. The molecule has 0 aliphatic carbocycles. The second kappa shape index (κ2) is 8.87. The van der Waals surface area contributed by atoms with E-state index in [2.05, 4.69) is 4.98 Å². The molecule has 0 aliphatic rings. The van der Waals surface area contributed by atoms with E-state index in [4.69, 9.17) is 4.74 Å². The van der Waals surface area contributed by atoms with Gasteiger partial charge in [0.05, 0.1) is 0 Å². The molecule has 0 saturated heterocycles. The van der Waals surface area contributed by atoms with Gasteiger partial charge in [-0.25, -0.2) is 9.78 Å². The van der Waals surface area contributed by atoms with Crippen molar-refractivity contribution < 1.29 is 14.3 Å². The number of likely N-dealkylation sites (N-methyl/N-ethyl adjacent to an activating group) is 1. The molecular weight excluding hydrogens is 386 g/mol. The number of hydrogen-bond acceptors (Lipinski definition) is 5. The molecule has 0 radical (unpaired) electrons. The first-order valence-electron chi connectivity index (χ1n) is 9.12. The van der Waals surface area contributed by atoms with E-state index in [1.54, 1.807) is 49.8 Å². The number of ether oxygens (including phenoxy) is 1. The van der Waals surface area contributed by atoms with Crippen LogP contribution in [-0.4, -0.2) is 40.4 Å². The van der Waals surface area contributed by atoms with Crippen molar-refractivity contribution >= 4 is 29.3 Å². The van der Waals surface area contributed by atoms with Crippen LogP contribution in [0.1, 0.15) is 28.6 Å². The molecule has 0 spiro atoms. The van der Waals surface area contributed by atoms with Gasteiger partial charge in [-0.1, -0.05) is 30.3 Å². The Morgan fingerprint density at radius 3 is 2.55 bits per heavy atom. The first-order chi connectivity index (χ1) is 13.9. The van der Waals surface area contributed by atoms with Crippen molar-refractivity contribution in [3.8, 4) is 5.13 Å². The first kappa shape index (κ1) is 20.5. The maximum atomic E-state index is 12.5. The van der Waals surface area contributed by atoms with Crippen LogP contribution in [0, 0.1) is 13.8 Å². The highest BCUT2D eigenvalue weighted by Crippen LogP contribution is 2.24. The lowest BCUT2D eigenvalue weighted by atomic mass is 10.1. The Hall–Kier alpha value is -3.19. The van der Waals surface area contributed by atoms with Gasteiger partial charge in [-0.3, -0.25) is 9.36 Å². The minimum absolute atomic E-state index is 0.292. The van der Waals surface area contributed by atoms with Crippen LogP contribution < -0.4 is 0 Å². The molecule has 7 heteroatoms. The maximum absolute atomic E-state index is 12.5. The summed E-state index contributed by atoms with van der Waals surface area (Å²) < 4.78 is 7.54. The Balaban J connectivity index is 1.80. The molecule has 0 fully saturated rings. The molecule has 0 saturated carbocycles. The summed E-state index contributed by atoms with van der Waals surface area (Å²) in [5.41, 5.74) is 3.53. The van der Waals surface area contributed by atoms with E-state index in [-0.39, 0.29) is 5.91 Å². The zero-order valence-corrected chi connectivity index (χ0v) is 17.6. The lowest BCUT2D eigenvalue weighted by Crippen LogP contribution is -2.30. The van der Waals surface area contributed by atoms with Crippen molar-refractivity contribution in [2.45, 2.75) is 20.0 Å². The fourth-order valence-electron chi connectivity index (χ4n) is 3.01. The number of benzene rings is 1. The van der Waals surface area contributed by atoms with Crippen LogP contribution in [0.2, 0.25) is 0 Å². The molecule has 3 aromatic rings. The molecule has 150 valence electrons. The zero-order valence-electron chi connectivity index (χ0n) is 16.8. The molecule has 2 aromatic heterocycles. The average Bonchev–Trinajstić information content (AvgIpc) is 3.32. The highest BCUT2D eigenvalue weighted by molar-refractivity contribution is 7.12. The van der Waals surface area contributed by atoms with E-state index >= 15 is 0 Å². The van der Waals surface area contributed by atoms with Crippen LogP contribution in [0.3, 0.4) is 0 Å². The van der Waals surface area contributed by atoms with Gasteiger partial charge in [0.15, 0.2) is 5.13 Å². The predicted octanol–water partition coefficient (Wildman–Crippen LogP) is 3.94. The molecule has 6 nitrogen and oxygen atoms in total. The number of esters is 1.